The van der Waals surface area contributed by atoms with Gasteiger partial charge in [-0.2, -0.15) is 0 Å². The molecule has 0 radical (unpaired) electrons. The normalized spacial score (nSPS) is 10.2. The molecule has 0 bridgehead atoms. The van der Waals surface area contributed by atoms with Crippen molar-refractivity contribution < 1.29 is 9.53 Å². The molecule has 0 aliphatic rings. The van der Waals surface area contributed by atoms with Gasteiger partial charge in [0.1, 0.15) is 0 Å². The van der Waals surface area contributed by atoms with Crippen LogP contribution >= 0.6 is 0 Å². The predicted octanol–water partition coefficient (Wildman–Crippen LogP) is 2.17. The molecule has 0 aliphatic carbocycles. The zero-order valence-electron chi connectivity index (χ0n) is 9.47. The Balaban J connectivity index is 2.34. The van der Waals surface area contributed by atoms with E-state index in [1.807, 2.05) is 36.4 Å². The second-order valence-electron chi connectivity index (χ2n) is 3.48. The fourth-order valence-corrected chi connectivity index (χ4v) is 3.45. The fraction of sp³-hybridized carbons (Fsp3) is 0.154. The van der Waals surface area contributed by atoms with Gasteiger partial charge in [0, 0.05) is 0 Å². The summed E-state index contributed by atoms with van der Waals surface area (Å²) in [5.74, 6) is -0.321. The van der Waals surface area contributed by atoms with Gasteiger partial charge in [0.2, 0.25) is 0 Å². The van der Waals surface area contributed by atoms with Gasteiger partial charge < -0.3 is 0 Å². The summed E-state index contributed by atoms with van der Waals surface area (Å²) < 4.78 is 6.74. The maximum absolute atomic E-state index is 11.6. The Morgan fingerprint density at radius 3 is 2.71 bits per heavy atom. The number of carbonyl (C=O) groups excluding carboxylic acids is 1. The summed E-state index contributed by atoms with van der Waals surface area (Å²) in [5.41, 5.74) is 7.53. The summed E-state index contributed by atoms with van der Waals surface area (Å²) >= 11 is 0.0173. The van der Waals surface area contributed by atoms with Gasteiger partial charge in [-0.1, -0.05) is 0 Å². The van der Waals surface area contributed by atoms with Crippen LogP contribution in [0.3, 0.4) is 0 Å². The van der Waals surface area contributed by atoms with E-state index in [-0.39, 0.29) is 20.5 Å². The molecule has 1 aromatic carbocycles. The fourth-order valence-electron chi connectivity index (χ4n) is 1.52. The quantitative estimate of drug-likeness (QED) is 0.697. The average molecular weight is 294 g/mol. The van der Waals surface area contributed by atoms with Crippen molar-refractivity contribution in [3.8, 4) is 10.0 Å². The average Bonchev–Trinajstić information content (AvgIpc) is 2.73. The minimum absolute atomic E-state index is 0.0173. The van der Waals surface area contributed by atoms with Crippen molar-refractivity contribution in [2.75, 3.05) is 12.3 Å². The molecular formula is C13H13NO2Se. The third-order valence-corrected chi connectivity index (χ3v) is 4.44. The van der Waals surface area contributed by atoms with E-state index in [1.54, 1.807) is 6.92 Å². The van der Waals surface area contributed by atoms with E-state index in [0.717, 1.165) is 10.0 Å². The van der Waals surface area contributed by atoms with Crippen LogP contribution in [0.2, 0.25) is 0 Å². The summed E-state index contributed by atoms with van der Waals surface area (Å²) in [4.78, 5) is 11.6. The van der Waals surface area contributed by atoms with E-state index in [0.29, 0.717) is 16.7 Å². The standard InChI is InChI=1S/C13H13NO2Se/c1-2-16-13(15)10-8-11(17-12(10)14)9-6-4-3-5-7-9/h3-8H,2,14H2,1H3. The molecule has 0 amide bonds. The molecular weight excluding hydrogens is 281 g/mol. The first kappa shape index (κ1) is 12.0. The first-order valence-corrected chi connectivity index (χ1v) is 7.05. The van der Waals surface area contributed by atoms with Crippen LogP contribution in [0.4, 0.5) is 4.56 Å². The molecule has 0 saturated heterocycles. The third-order valence-electron chi connectivity index (χ3n) is 2.31. The Bertz CT molecular complexity index is 519. The van der Waals surface area contributed by atoms with E-state index in [2.05, 4.69) is 0 Å². The Labute approximate surface area is 106 Å². The molecule has 1 heterocycles. The van der Waals surface area contributed by atoms with Crippen molar-refractivity contribution >= 4 is 25.0 Å². The Morgan fingerprint density at radius 1 is 1.35 bits per heavy atom. The first-order chi connectivity index (χ1) is 8.22. The number of benzene rings is 1. The molecule has 0 atom stereocenters. The van der Waals surface area contributed by atoms with Crippen LogP contribution in [0, 0.1) is 0 Å². The summed E-state index contributed by atoms with van der Waals surface area (Å²) in [6.07, 6.45) is 0. The van der Waals surface area contributed by atoms with Crippen LogP contribution in [-0.4, -0.2) is 27.1 Å². The van der Waals surface area contributed by atoms with Crippen molar-refractivity contribution in [3.63, 3.8) is 0 Å². The second-order valence-corrected chi connectivity index (χ2v) is 5.75. The molecule has 17 heavy (non-hydrogen) atoms. The van der Waals surface area contributed by atoms with Crippen LogP contribution in [-0.2, 0) is 4.74 Å². The Hall–Kier alpha value is -1.51. The Morgan fingerprint density at radius 2 is 2.06 bits per heavy atom. The van der Waals surface area contributed by atoms with Crippen LogP contribution in [0.5, 0.6) is 0 Å². The maximum atomic E-state index is 11.6. The molecule has 0 saturated carbocycles. The molecule has 0 unspecified atom stereocenters. The van der Waals surface area contributed by atoms with E-state index in [1.165, 1.54) is 0 Å². The number of esters is 1. The number of nitrogen functional groups attached to an aromatic ring is 1. The monoisotopic (exact) mass is 295 g/mol. The van der Waals surface area contributed by atoms with E-state index < -0.39 is 0 Å². The van der Waals surface area contributed by atoms with Gasteiger partial charge in [-0.3, -0.25) is 0 Å². The Kier molecular flexibility index (Phi) is 3.67. The van der Waals surface area contributed by atoms with E-state index in [9.17, 15) is 4.79 Å². The van der Waals surface area contributed by atoms with Crippen molar-refractivity contribution in [2.45, 2.75) is 6.92 Å². The van der Waals surface area contributed by atoms with Gasteiger partial charge in [0.05, 0.1) is 0 Å². The van der Waals surface area contributed by atoms with Crippen molar-refractivity contribution in [2.24, 2.45) is 0 Å². The minimum atomic E-state index is -0.321. The number of anilines is 1. The molecule has 0 spiro atoms. The number of nitrogens with two attached hydrogens (primary N) is 1. The molecule has 88 valence electrons. The van der Waals surface area contributed by atoms with Gasteiger partial charge in [0.25, 0.3) is 0 Å². The number of rotatable bonds is 3. The van der Waals surface area contributed by atoms with Crippen molar-refractivity contribution in [1.82, 2.24) is 0 Å². The van der Waals surface area contributed by atoms with Gasteiger partial charge in [-0.25, -0.2) is 0 Å². The topological polar surface area (TPSA) is 52.3 Å². The number of carbonyl (C=O) groups is 1. The predicted molar refractivity (Wildman–Crippen MR) is 69.2 cm³/mol. The number of hydrogen-bond acceptors (Lipinski definition) is 3. The summed E-state index contributed by atoms with van der Waals surface area (Å²) in [7, 11) is 0. The second kappa shape index (κ2) is 5.21. The molecule has 0 aliphatic heterocycles. The van der Waals surface area contributed by atoms with E-state index >= 15 is 0 Å². The molecule has 0 fully saturated rings. The summed E-state index contributed by atoms with van der Waals surface area (Å²) in [6, 6.07) is 11.8. The van der Waals surface area contributed by atoms with Crippen LogP contribution in [0.15, 0.2) is 36.4 Å². The van der Waals surface area contributed by atoms with Gasteiger partial charge >= 0.3 is 106 Å². The zero-order valence-corrected chi connectivity index (χ0v) is 11.2. The molecule has 3 nitrogen and oxygen atoms in total. The first-order valence-electron chi connectivity index (χ1n) is 5.34. The molecule has 4 heteroatoms. The zero-order chi connectivity index (χ0) is 12.3. The summed E-state index contributed by atoms with van der Waals surface area (Å²) in [5, 5.41) is 0. The number of ether oxygens (including phenoxy) is 1. The third kappa shape index (κ3) is 2.60. The molecule has 2 aromatic rings. The van der Waals surface area contributed by atoms with E-state index in [4.69, 9.17) is 10.5 Å². The SMILES string of the molecule is CCOC(=O)c1cc(-c2ccccc2)[se]c1N. The summed E-state index contributed by atoms with van der Waals surface area (Å²) in [6.45, 7) is 2.16. The van der Waals surface area contributed by atoms with Crippen LogP contribution in [0.25, 0.3) is 10.0 Å². The van der Waals surface area contributed by atoms with Gasteiger partial charge in [-0.15, -0.1) is 0 Å². The number of hydrogen-bond donors (Lipinski definition) is 1. The molecule has 2 N–H and O–H groups in total. The van der Waals surface area contributed by atoms with Crippen LogP contribution in [0.1, 0.15) is 17.3 Å². The van der Waals surface area contributed by atoms with Crippen molar-refractivity contribution in [3.05, 3.63) is 42.0 Å². The molecule has 1 aromatic heterocycles. The van der Waals surface area contributed by atoms with Gasteiger partial charge in [0.15, 0.2) is 0 Å². The van der Waals surface area contributed by atoms with Crippen molar-refractivity contribution in [1.29, 1.82) is 0 Å². The van der Waals surface area contributed by atoms with Crippen LogP contribution < -0.4 is 5.73 Å². The molecule has 2 rings (SSSR count). The van der Waals surface area contributed by atoms with Gasteiger partial charge in [-0.05, 0) is 0 Å².